The molecule has 0 radical (unpaired) electrons. The Morgan fingerprint density at radius 1 is 1.22 bits per heavy atom. The fourth-order valence-electron chi connectivity index (χ4n) is 1.92. The van der Waals surface area contributed by atoms with Crippen molar-refractivity contribution in [2.75, 3.05) is 20.1 Å². The molecule has 18 heavy (non-hydrogen) atoms. The number of rotatable bonds is 6. The highest BCUT2D eigenvalue weighted by atomic mass is 19.3. The molecule has 0 spiro atoms. The maximum Gasteiger partial charge on any atom is 0.251 e. The van der Waals surface area contributed by atoms with Crippen LogP contribution in [0.3, 0.4) is 0 Å². The lowest BCUT2D eigenvalue weighted by Gasteiger charge is -2.25. The zero-order chi connectivity index (χ0) is 13.7. The Morgan fingerprint density at radius 2 is 1.83 bits per heavy atom. The van der Waals surface area contributed by atoms with E-state index in [1.807, 2.05) is 0 Å². The van der Waals surface area contributed by atoms with E-state index in [2.05, 4.69) is 0 Å². The highest BCUT2D eigenvalue weighted by Gasteiger charge is 2.21. The standard InChI is InChI=1S/C13H18F3NO/c1-9(7-17(2)8-12(15)16)13(18)10-5-3-4-6-11(10)14/h3-6,9,12-13,18H,7-8H2,1-2H3. The first kappa shape index (κ1) is 15.0. The van der Waals surface area contributed by atoms with E-state index in [-0.39, 0.29) is 24.6 Å². The van der Waals surface area contributed by atoms with E-state index < -0.39 is 18.3 Å². The maximum absolute atomic E-state index is 13.5. The molecule has 0 saturated heterocycles. The second kappa shape index (κ2) is 6.75. The minimum atomic E-state index is -2.41. The van der Waals surface area contributed by atoms with Crippen molar-refractivity contribution < 1.29 is 18.3 Å². The Bertz CT molecular complexity index is 373. The van der Waals surface area contributed by atoms with Gasteiger partial charge in [-0.25, -0.2) is 13.2 Å². The number of hydrogen-bond acceptors (Lipinski definition) is 2. The van der Waals surface area contributed by atoms with E-state index >= 15 is 0 Å². The number of aliphatic hydroxyl groups is 1. The molecule has 0 aliphatic rings. The molecule has 0 aliphatic carbocycles. The van der Waals surface area contributed by atoms with Crippen molar-refractivity contribution in [3.8, 4) is 0 Å². The van der Waals surface area contributed by atoms with Gasteiger partial charge >= 0.3 is 0 Å². The van der Waals surface area contributed by atoms with Crippen molar-refractivity contribution in [2.45, 2.75) is 19.5 Å². The van der Waals surface area contributed by atoms with Crippen LogP contribution in [0.5, 0.6) is 0 Å². The van der Waals surface area contributed by atoms with E-state index in [0.717, 1.165) is 0 Å². The number of halogens is 3. The van der Waals surface area contributed by atoms with Crippen LogP contribution in [0.15, 0.2) is 24.3 Å². The van der Waals surface area contributed by atoms with Crippen LogP contribution in [0.25, 0.3) is 0 Å². The lowest BCUT2D eigenvalue weighted by atomic mass is 9.96. The van der Waals surface area contributed by atoms with E-state index in [1.165, 1.54) is 17.0 Å². The molecular weight excluding hydrogens is 243 g/mol. The topological polar surface area (TPSA) is 23.5 Å². The lowest BCUT2D eigenvalue weighted by molar-refractivity contribution is 0.0608. The van der Waals surface area contributed by atoms with E-state index in [4.69, 9.17) is 0 Å². The number of alkyl halides is 2. The molecule has 2 nitrogen and oxygen atoms in total. The third-order valence-corrected chi connectivity index (χ3v) is 2.81. The fraction of sp³-hybridized carbons (Fsp3) is 0.538. The predicted molar refractivity (Wildman–Crippen MR) is 64.0 cm³/mol. The van der Waals surface area contributed by atoms with Gasteiger partial charge in [0.05, 0.1) is 12.6 Å². The van der Waals surface area contributed by atoms with E-state index in [0.29, 0.717) is 0 Å². The van der Waals surface area contributed by atoms with Gasteiger partial charge in [0.2, 0.25) is 0 Å². The number of hydrogen-bond donors (Lipinski definition) is 1. The average molecular weight is 261 g/mol. The first-order valence-corrected chi connectivity index (χ1v) is 5.81. The van der Waals surface area contributed by atoms with Gasteiger partial charge in [0.1, 0.15) is 5.82 Å². The normalized spacial score (nSPS) is 15.1. The van der Waals surface area contributed by atoms with E-state index in [9.17, 15) is 18.3 Å². The Morgan fingerprint density at radius 3 is 2.39 bits per heavy atom. The smallest absolute Gasteiger partial charge is 0.251 e. The van der Waals surface area contributed by atoms with Crippen molar-refractivity contribution in [1.29, 1.82) is 0 Å². The second-order valence-electron chi connectivity index (χ2n) is 4.56. The molecule has 0 saturated carbocycles. The molecule has 1 aromatic carbocycles. The zero-order valence-corrected chi connectivity index (χ0v) is 10.5. The summed E-state index contributed by atoms with van der Waals surface area (Å²) in [5.41, 5.74) is 0.204. The minimum absolute atomic E-state index is 0.204. The molecule has 0 heterocycles. The van der Waals surface area contributed by atoms with Crippen molar-refractivity contribution in [3.63, 3.8) is 0 Å². The molecule has 1 N–H and O–H groups in total. The van der Waals surface area contributed by atoms with Gasteiger partial charge in [-0.1, -0.05) is 25.1 Å². The van der Waals surface area contributed by atoms with Crippen LogP contribution in [-0.4, -0.2) is 36.6 Å². The molecule has 102 valence electrons. The van der Waals surface area contributed by atoms with Gasteiger partial charge in [-0.15, -0.1) is 0 Å². The minimum Gasteiger partial charge on any atom is -0.388 e. The van der Waals surface area contributed by atoms with Gasteiger partial charge < -0.3 is 10.0 Å². The molecule has 2 unspecified atom stereocenters. The molecule has 0 aliphatic heterocycles. The average Bonchev–Trinajstić information content (AvgIpc) is 2.27. The van der Waals surface area contributed by atoms with Gasteiger partial charge in [-0.05, 0) is 19.0 Å². The van der Waals surface area contributed by atoms with Crippen LogP contribution in [0.1, 0.15) is 18.6 Å². The highest BCUT2D eigenvalue weighted by molar-refractivity contribution is 5.20. The van der Waals surface area contributed by atoms with Crippen LogP contribution in [0.4, 0.5) is 13.2 Å². The molecule has 2 atom stereocenters. The molecule has 0 fully saturated rings. The number of aliphatic hydroxyl groups excluding tert-OH is 1. The lowest BCUT2D eigenvalue weighted by Crippen LogP contribution is -2.31. The van der Waals surface area contributed by atoms with Gasteiger partial charge in [-0.3, -0.25) is 0 Å². The monoisotopic (exact) mass is 261 g/mol. The molecule has 0 aromatic heterocycles. The molecule has 1 aromatic rings. The molecule has 0 bridgehead atoms. The predicted octanol–water partition coefficient (Wildman–Crippen LogP) is 2.69. The van der Waals surface area contributed by atoms with Crippen LogP contribution in [0.2, 0.25) is 0 Å². The molecule has 0 amide bonds. The van der Waals surface area contributed by atoms with Gasteiger partial charge in [0.15, 0.2) is 0 Å². The van der Waals surface area contributed by atoms with Crippen LogP contribution >= 0.6 is 0 Å². The summed E-state index contributed by atoms with van der Waals surface area (Å²) in [6, 6.07) is 5.95. The maximum atomic E-state index is 13.5. The van der Waals surface area contributed by atoms with Crippen molar-refractivity contribution in [3.05, 3.63) is 35.6 Å². The van der Waals surface area contributed by atoms with E-state index in [1.54, 1.807) is 26.1 Å². The molecule has 1 rings (SSSR count). The number of nitrogens with zero attached hydrogens (tertiary/aromatic N) is 1. The summed E-state index contributed by atoms with van der Waals surface area (Å²) >= 11 is 0. The van der Waals surface area contributed by atoms with Crippen molar-refractivity contribution >= 4 is 0 Å². The summed E-state index contributed by atoms with van der Waals surface area (Å²) in [5.74, 6) is -0.806. The summed E-state index contributed by atoms with van der Waals surface area (Å²) in [6.45, 7) is 1.63. The summed E-state index contributed by atoms with van der Waals surface area (Å²) in [7, 11) is 1.55. The van der Waals surface area contributed by atoms with Crippen molar-refractivity contribution in [1.82, 2.24) is 4.90 Å². The third kappa shape index (κ3) is 4.31. The third-order valence-electron chi connectivity index (χ3n) is 2.81. The Kier molecular flexibility index (Phi) is 5.62. The number of benzene rings is 1. The summed E-state index contributed by atoms with van der Waals surface area (Å²) in [6.07, 6.45) is -3.40. The largest absolute Gasteiger partial charge is 0.388 e. The second-order valence-corrected chi connectivity index (χ2v) is 4.56. The van der Waals surface area contributed by atoms with Crippen LogP contribution < -0.4 is 0 Å². The first-order chi connectivity index (χ1) is 8.41. The first-order valence-electron chi connectivity index (χ1n) is 5.81. The Labute approximate surface area is 105 Å². The SMILES string of the molecule is CC(CN(C)CC(F)F)C(O)c1ccccc1F. The van der Waals surface area contributed by atoms with Crippen molar-refractivity contribution in [2.24, 2.45) is 5.92 Å². The van der Waals surface area contributed by atoms with Crippen LogP contribution in [0, 0.1) is 11.7 Å². The Balaban J connectivity index is 2.61. The Hall–Kier alpha value is -1.07. The fourth-order valence-corrected chi connectivity index (χ4v) is 1.92. The molecule has 5 heteroatoms. The zero-order valence-electron chi connectivity index (χ0n) is 10.5. The van der Waals surface area contributed by atoms with Crippen LogP contribution in [-0.2, 0) is 0 Å². The van der Waals surface area contributed by atoms with Gasteiger partial charge in [0.25, 0.3) is 6.43 Å². The summed E-state index contributed by atoms with van der Waals surface area (Å²) < 4.78 is 37.8. The van der Waals surface area contributed by atoms with Gasteiger partial charge in [0, 0.05) is 12.1 Å². The molecular formula is C13H18F3NO. The highest BCUT2D eigenvalue weighted by Crippen LogP contribution is 2.24. The van der Waals surface area contributed by atoms with Gasteiger partial charge in [-0.2, -0.15) is 0 Å². The summed E-state index contributed by atoms with van der Waals surface area (Å²) in [5, 5.41) is 10.00. The quantitative estimate of drug-likeness (QED) is 0.851. The summed E-state index contributed by atoms with van der Waals surface area (Å²) in [4.78, 5) is 1.43.